The minimum atomic E-state index is -0.278. The molecule has 0 amide bonds. The number of hydrogen-bond donors (Lipinski definition) is 1. The molecule has 19 heavy (non-hydrogen) atoms. The second kappa shape index (κ2) is 6.02. The van der Waals surface area contributed by atoms with E-state index in [0.717, 1.165) is 31.5 Å². The number of carbonyl (C=O) groups is 1. The molecule has 3 nitrogen and oxygen atoms in total. The summed E-state index contributed by atoms with van der Waals surface area (Å²) in [6, 6.07) is 9.07. The number of rotatable bonds is 4. The number of benzene rings is 1. The van der Waals surface area contributed by atoms with E-state index in [4.69, 9.17) is 4.74 Å². The summed E-state index contributed by atoms with van der Waals surface area (Å²) in [5, 5.41) is 3.34. The molecule has 1 aliphatic heterocycles. The van der Waals surface area contributed by atoms with Crippen LogP contribution in [0.25, 0.3) is 0 Å². The molecule has 0 saturated carbocycles. The van der Waals surface area contributed by atoms with Crippen molar-refractivity contribution >= 4 is 5.97 Å². The van der Waals surface area contributed by atoms with E-state index in [-0.39, 0.29) is 11.4 Å². The van der Waals surface area contributed by atoms with E-state index in [0.29, 0.717) is 12.2 Å². The molecule has 0 spiro atoms. The highest BCUT2D eigenvalue weighted by Gasteiger charge is 2.30. The first-order valence-corrected chi connectivity index (χ1v) is 6.73. The van der Waals surface area contributed by atoms with E-state index in [9.17, 15) is 4.79 Å². The Morgan fingerprint density at radius 3 is 2.58 bits per heavy atom. The number of nitrogens with one attached hydrogen (secondary N) is 1. The van der Waals surface area contributed by atoms with Crippen molar-refractivity contribution in [2.75, 3.05) is 19.7 Å². The summed E-state index contributed by atoms with van der Waals surface area (Å²) in [6.45, 7) is 8.63. The number of carbonyl (C=O) groups excluding carboxylic acids is 1. The second-order valence-electron chi connectivity index (χ2n) is 5.36. The van der Waals surface area contributed by atoms with Crippen LogP contribution in [0.2, 0.25) is 0 Å². The van der Waals surface area contributed by atoms with Gasteiger partial charge in [0.2, 0.25) is 0 Å². The van der Waals surface area contributed by atoms with E-state index in [1.165, 1.54) is 0 Å². The third-order valence-corrected chi connectivity index (χ3v) is 3.95. The first-order valence-electron chi connectivity index (χ1n) is 6.73. The predicted molar refractivity (Wildman–Crippen MR) is 76.1 cm³/mol. The summed E-state index contributed by atoms with van der Waals surface area (Å²) < 4.78 is 5.35. The van der Waals surface area contributed by atoms with E-state index < -0.39 is 0 Å². The van der Waals surface area contributed by atoms with Gasteiger partial charge in [0.15, 0.2) is 0 Å². The van der Waals surface area contributed by atoms with Crippen molar-refractivity contribution in [3.05, 3.63) is 48.0 Å². The molecule has 0 aliphatic carbocycles. The quantitative estimate of drug-likeness (QED) is 0.667. The summed E-state index contributed by atoms with van der Waals surface area (Å²) in [5.74, 6) is -0.278. The topological polar surface area (TPSA) is 38.3 Å². The maximum atomic E-state index is 11.9. The molecule has 1 aromatic carbocycles. The maximum absolute atomic E-state index is 11.9. The number of hydrogen-bond acceptors (Lipinski definition) is 3. The Bertz CT molecular complexity index is 447. The van der Waals surface area contributed by atoms with Gasteiger partial charge in [-0.3, -0.25) is 0 Å². The molecule has 2 rings (SSSR count). The number of esters is 1. The minimum Gasteiger partial charge on any atom is -0.458 e. The highest BCUT2D eigenvalue weighted by Crippen LogP contribution is 2.35. The zero-order valence-electron chi connectivity index (χ0n) is 11.4. The third-order valence-electron chi connectivity index (χ3n) is 3.95. The van der Waals surface area contributed by atoms with Crippen LogP contribution < -0.4 is 5.32 Å². The highest BCUT2D eigenvalue weighted by atomic mass is 16.5. The molecular weight excluding hydrogens is 238 g/mol. The number of piperidine rings is 1. The van der Waals surface area contributed by atoms with Gasteiger partial charge in [0, 0.05) is 0 Å². The van der Waals surface area contributed by atoms with Crippen molar-refractivity contribution in [3.63, 3.8) is 0 Å². The summed E-state index contributed by atoms with van der Waals surface area (Å²) in [6.07, 6.45) is 2.10. The van der Waals surface area contributed by atoms with Crippen LogP contribution in [0.5, 0.6) is 0 Å². The molecule has 0 atom stereocenters. The largest absolute Gasteiger partial charge is 0.458 e. The lowest BCUT2D eigenvalue weighted by atomic mass is 9.75. The van der Waals surface area contributed by atoms with Crippen molar-refractivity contribution < 1.29 is 9.53 Å². The molecule has 3 heteroatoms. The van der Waals surface area contributed by atoms with E-state index >= 15 is 0 Å². The van der Waals surface area contributed by atoms with Crippen LogP contribution in [0.15, 0.2) is 42.5 Å². The van der Waals surface area contributed by atoms with Gasteiger partial charge in [0.1, 0.15) is 6.61 Å². The van der Waals surface area contributed by atoms with Crippen LogP contribution >= 0.6 is 0 Å². The van der Waals surface area contributed by atoms with Crippen LogP contribution in [0, 0.1) is 5.41 Å². The Morgan fingerprint density at radius 1 is 1.32 bits per heavy atom. The van der Waals surface area contributed by atoms with Gasteiger partial charge >= 0.3 is 5.97 Å². The molecule has 1 aromatic rings. The Morgan fingerprint density at radius 2 is 1.95 bits per heavy atom. The summed E-state index contributed by atoms with van der Waals surface area (Å²) in [4.78, 5) is 11.9. The lowest BCUT2D eigenvalue weighted by Gasteiger charge is -2.35. The lowest BCUT2D eigenvalue weighted by Crippen LogP contribution is -2.36. The van der Waals surface area contributed by atoms with Crippen LogP contribution in [-0.2, 0) is 4.74 Å². The molecular formula is C16H21NO2. The standard InChI is InChI=1S/C16H21NO2/c1-13(16(2)8-10-17-11-9-16)12-19-15(18)14-6-4-3-5-7-14/h3-7,17H,1,8-12H2,2H3. The summed E-state index contributed by atoms with van der Waals surface area (Å²) >= 11 is 0. The normalized spacial score (nSPS) is 17.7. The molecule has 1 fully saturated rings. The highest BCUT2D eigenvalue weighted by molar-refractivity contribution is 5.89. The van der Waals surface area contributed by atoms with E-state index in [2.05, 4.69) is 18.8 Å². The Labute approximate surface area is 114 Å². The van der Waals surface area contributed by atoms with Gasteiger partial charge in [0.25, 0.3) is 0 Å². The van der Waals surface area contributed by atoms with Crippen LogP contribution in [0.3, 0.4) is 0 Å². The monoisotopic (exact) mass is 259 g/mol. The SMILES string of the molecule is C=C(COC(=O)c1ccccc1)C1(C)CCNCC1. The molecule has 1 heterocycles. The molecule has 102 valence electrons. The van der Waals surface area contributed by atoms with Gasteiger partial charge in [-0.25, -0.2) is 4.79 Å². The van der Waals surface area contributed by atoms with Gasteiger partial charge in [-0.1, -0.05) is 31.7 Å². The van der Waals surface area contributed by atoms with Crippen LogP contribution in [0.1, 0.15) is 30.1 Å². The van der Waals surface area contributed by atoms with Crippen LogP contribution in [0.4, 0.5) is 0 Å². The van der Waals surface area contributed by atoms with Crippen LogP contribution in [-0.4, -0.2) is 25.7 Å². The molecule has 0 unspecified atom stereocenters. The van der Waals surface area contributed by atoms with Gasteiger partial charge in [-0.2, -0.15) is 0 Å². The predicted octanol–water partition coefficient (Wildman–Crippen LogP) is 2.79. The third kappa shape index (κ3) is 3.44. The molecule has 1 saturated heterocycles. The smallest absolute Gasteiger partial charge is 0.338 e. The zero-order valence-corrected chi connectivity index (χ0v) is 11.4. The fourth-order valence-corrected chi connectivity index (χ4v) is 2.32. The van der Waals surface area contributed by atoms with E-state index in [1.807, 2.05) is 18.2 Å². The van der Waals surface area contributed by atoms with Gasteiger partial charge in [-0.15, -0.1) is 0 Å². The van der Waals surface area contributed by atoms with Crippen molar-refractivity contribution in [2.24, 2.45) is 5.41 Å². The number of ether oxygens (including phenoxy) is 1. The molecule has 0 radical (unpaired) electrons. The van der Waals surface area contributed by atoms with Crippen molar-refractivity contribution in [3.8, 4) is 0 Å². The van der Waals surface area contributed by atoms with Gasteiger partial charge < -0.3 is 10.1 Å². The fraction of sp³-hybridized carbons (Fsp3) is 0.438. The first kappa shape index (κ1) is 13.8. The average molecular weight is 259 g/mol. The second-order valence-corrected chi connectivity index (χ2v) is 5.36. The molecule has 0 bridgehead atoms. The first-order chi connectivity index (χ1) is 9.12. The minimum absolute atomic E-state index is 0.0855. The molecule has 0 aromatic heterocycles. The molecule has 1 N–H and O–H groups in total. The van der Waals surface area contributed by atoms with Crippen molar-refractivity contribution in [1.29, 1.82) is 0 Å². The fourth-order valence-electron chi connectivity index (χ4n) is 2.32. The molecule has 1 aliphatic rings. The lowest BCUT2D eigenvalue weighted by molar-refractivity contribution is 0.0516. The van der Waals surface area contributed by atoms with Crippen molar-refractivity contribution in [1.82, 2.24) is 5.32 Å². The maximum Gasteiger partial charge on any atom is 0.338 e. The Kier molecular flexibility index (Phi) is 4.38. The zero-order chi connectivity index (χ0) is 13.7. The van der Waals surface area contributed by atoms with Gasteiger partial charge in [-0.05, 0) is 49.1 Å². The van der Waals surface area contributed by atoms with Crippen molar-refractivity contribution in [2.45, 2.75) is 19.8 Å². The van der Waals surface area contributed by atoms with Gasteiger partial charge in [0.05, 0.1) is 5.56 Å². The average Bonchev–Trinajstić information content (AvgIpc) is 2.46. The summed E-state index contributed by atoms with van der Waals surface area (Å²) in [7, 11) is 0. The van der Waals surface area contributed by atoms with E-state index in [1.54, 1.807) is 12.1 Å². The summed E-state index contributed by atoms with van der Waals surface area (Å²) in [5.41, 5.74) is 1.69. The Balaban J connectivity index is 1.88. The Hall–Kier alpha value is -1.61.